The molecule has 0 radical (unpaired) electrons. The van der Waals surface area contributed by atoms with Crippen molar-refractivity contribution in [2.45, 2.75) is 26.9 Å². The van der Waals surface area contributed by atoms with E-state index in [-0.39, 0.29) is 18.0 Å². The van der Waals surface area contributed by atoms with Crippen molar-refractivity contribution in [3.63, 3.8) is 0 Å². The van der Waals surface area contributed by atoms with Crippen LogP contribution in [0.2, 0.25) is 5.02 Å². The number of aliphatic hydroxyl groups excluding tert-OH is 1. The summed E-state index contributed by atoms with van der Waals surface area (Å²) in [6.07, 6.45) is 3.83. The van der Waals surface area contributed by atoms with Crippen LogP contribution in [0.3, 0.4) is 0 Å². The van der Waals surface area contributed by atoms with E-state index in [1.54, 1.807) is 25.3 Å². The zero-order valence-corrected chi connectivity index (χ0v) is 19.6. The van der Waals surface area contributed by atoms with Crippen LogP contribution < -0.4 is 10.6 Å². The molecular formula is C22H23BrClFN4O2. The number of hydrogen-bond donors (Lipinski definition) is 3. The number of aliphatic hydroxyl groups is 1. The normalized spacial score (nSPS) is 11.2. The molecule has 1 unspecified atom stereocenters. The van der Waals surface area contributed by atoms with Crippen molar-refractivity contribution in [3.05, 3.63) is 69.8 Å². The molecule has 0 aliphatic rings. The summed E-state index contributed by atoms with van der Waals surface area (Å²) in [7, 11) is 0. The molecule has 2 heterocycles. The van der Waals surface area contributed by atoms with Crippen LogP contribution in [-0.4, -0.2) is 33.6 Å². The highest BCUT2D eigenvalue weighted by Crippen LogP contribution is 2.32. The molecule has 0 saturated carbocycles. The maximum atomic E-state index is 14.2. The summed E-state index contributed by atoms with van der Waals surface area (Å²) < 4.78 is 14.8. The van der Waals surface area contributed by atoms with E-state index >= 15 is 0 Å². The number of carbonyl (C=O) groups excluding carboxylic acids is 1. The lowest BCUT2D eigenvalue weighted by atomic mass is 10.1. The van der Waals surface area contributed by atoms with E-state index in [1.165, 1.54) is 30.6 Å². The Morgan fingerprint density at radius 1 is 1.23 bits per heavy atom. The van der Waals surface area contributed by atoms with Gasteiger partial charge in [0.2, 0.25) is 0 Å². The van der Waals surface area contributed by atoms with Crippen molar-refractivity contribution in [1.29, 1.82) is 0 Å². The van der Waals surface area contributed by atoms with Crippen LogP contribution in [0, 0.1) is 5.82 Å². The minimum absolute atomic E-state index is 0.115. The van der Waals surface area contributed by atoms with Crippen molar-refractivity contribution in [3.8, 4) is 11.3 Å². The first-order valence-electron chi connectivity index (χ1n) is 9.63. The summed E-state index contributed by atoms with van der Waals surface area (Å²) >= 11 is 9.40. The van der Waals surface area contributed by atoms with Crippen LogP contribution in [0.15, 0.2) is 53.4 Å². The van der Waals surface area contributed by atoms with E-state index in [1.807, 2.05) is 13.8 Å². The number of benzene rings is 1. The highest BCUT2D eigenvalue weighted by molar-refractivity contribution is 9.10. The predicted molar refractivity (Wildman–Crippen MR) is 125 cm³/mol. The Hall–Kier alpha value is -2.55. The number of amides is 1. The average molecular weight is 510 g/mol. The number of pyridine rings is 2. The molecule has 0 spiro atoms. The first-order chi connectivity index (χ1) is 14.8. The van der Waals surface area contributed by atoms with E-state index in [0.717, 1.165) is 0 Å². The van der Waals surface area contributed by atoms with Gasteiger partial charge in [-0.3, -0.25) is 14.8 Å². The predicted octanol–water partition coefficient (Wildman–Crippen LogP) is 5.58. The van der Waals surface area contributed by atoms with Gasteiger partial charge < -0.3 is 15.7 Å². The van der Waals surface area contributed by atoms with Crippen molar-refractivity contribution >= 4 is 44.8 Å². The average Bonchev–Trinajstić information content (AvgIpc) is 2.77. The quantitative estimate of drug-likeness (QED) is 0.404. The molecule has 0 fully saturated rings. The van der Waals surface area contributed by atoms with Gasteiger partial charge in [0.15, 0.2) is 0 Å². The number of halogens is 3. The van der Waals surface area contributed by atoms with Gasteiger partial charge in [0.1, 0.15) is 5.82 Å². The SMILES string of the molecule is CC.CC(O)CNC(=O)c1cnccc1Nc1cc(-c2cc(Cl)ccc2F)ncc1Br. The van der Waals surface area contributed by atoms with Crippen molar-refractivity contribution < 1.29 is 14.3 Å². The van der Waals surface area contributed by atoms with Crippen LogP contribution in [0.4, 0.5) is 15.8 Å². The molecule has 0 aliphatic carbocycles. The lowest BCUT2D eigenvalue weighted by Crippen LogP contribution is -2.31. The Balaban J connectivity index is 0.00000166. The molecule has 0 saturated heterocycles. The smallest absolute Gasteiger partial charge is 0.255 e. The number of nitrogens with one attached hydrogen (secondary N) is 2. The van der Waals surface area contributed by atoms with E-state index in [9.17, 15) is 14.3 Å². The molecule has 9 heteroatoms. The Bertz CT molecular complexity index is 1050. The van der Waals surface area contributed by atoms with Crippen LogP contribution in [-0.2, 0) is 0 Å². The molecule has 164 valence electrons. The summed E-state index contributed by atoms with van der Waals surface area (Å²) in [6.45, 7) is 5.69. The fourth-order valence-electron chi connectivity index (χ4n) is 2.54. The third kappa shape index (κ3) is 6.72. The molecule has 3 rings (SSSR count). The summed E-state index contributed by atoms with van der Waals surface area (Å²) in [5, 5.41) is 15.5. The number of nitrogens with zero attached hydrogens (tertiary/aromatic N) is 2. The highest BCUT2D eigenvalue weighted by Gasteiger charge is 2.15. The molecule has 3 N–H and O–H groups in total. The molecule has 6 nitrogen and oxygen atoms in total. The van der Waals surface area contributed by atoms with Gasteiger partial charge in [-0.05, 0) is 53.2 Å². The van der Waals surface area contributed by atoms with Crippen LogP contribution in [0.5, 0.6) is 0 Å². The first kappa shape index (κ1) is 24.7. The van der Waals surface area contributed by atoms with Crippen LogP contribution in [0.25, 0.3) is 11.3 Å². The maximum Gasteiger partial charge on any atom is 0.255 e. The van der Waals surface area contributed by atoms with Gasteiger partial charge >= 0.3 is 0 Å². The molecule has 1 amide bonds. The third-order valence-corrected chi connectivity index (χ3v) is 4.82. The lowest BCUT2D eigenvalue weighted by Gasteiger charge is -2.14. The third-order valence-electron chi connectivity index (χ3n) is 3.95. The monoisotopic (exact) mass is 508 g/mol. The number of aromatic nitrogens is 2. The molecule has 1 aromatic carbocycles. The van der Waals surface area contributed by atoms with Gasteiger partial charge in [-0.25, -0.2) is 4.39 Å². The van der Waals surface area contributed by atoms with Crippen molar-refractivity contribution in [1.82, 2.24) is 15.3 Å². The van der Waals surface area contributed by atoms with E-state index < -0.39 is 11.9 Å². The fourth-order valence-corrected chi connectivity index (χ4v) is 3.03. The molecule has 3 aromatic rings. The highest BCUT2D eigenvalue weighted by atomic mass is 79.9. The first-order valence-corrected chi connectivity index (χ1v) is 10.8. The Morgan fingerprint density at radius 2 is 1.97 bits per heavy atom. The second kappa shape index (κ2) is 11.7. The van der Waals surface area contributed by atoms with Gasteiger partial charge in [-0.1, -0.05) is 25.4 Å². The summed E-state index contributed by atoms with van der Waals surface area (Å²) in [6, 6.07) is 7.54. The number of carbonyl (C=O) groups is 1. The summed E-state index contributed by atoms with van der Waals surface area (Å²) in [5.74, 6) is -0.829. The van der Waals surface area contributed by atoms with Crippen LogP contribution >= 0.6 is 27.5 Å². The summed E-state index contributed by atoms with van der Waals surface area (Å²) in [5.41, 5.74) is 2.01. The minimum atomic E-state index is -0.670. The molecular weight excluding hydrogens is 487 g/mol. The zero-order chi connectivity index (χ0) is 23.0. The van der Waals surface area contributed by atoms with Crippen molar-refractivity contribution in [2.75, 3.05) is 11.9 Å². The molecule has 31 heavy (non-hydrogen) atoms. The van der Waals surface area contributed by atoms with E-state index in [4.69, 9.17) is 11.6 Å². The topological polar surface area (TPSA) is 87.1 Å². The fraction of sp³-hybridized carbons (Fsp3) is 0.227. The van der Waals surface area contributed by atoms with E-state index in [2.05, 4.69) is 36.5 Å². The standard InChI is InChI=1S/C20H17BrClFN4O2.C2H6/c1-11(28)8-26-20(29)14-9-24-5-4-17(14)27-19-7-18(25-10-15(19)21)13-6-12(22)2-3-16(13)23;1-2/h2-7,9-11,28H,8H2,1H3,(H,26,29)(H,24,25,27);1-2H3. The van der Waals surface area contributed by atoms with Gasteiger partial charge in [-0.15, -0.1) is 0 Å². The van der Waals surface area contributed by atoms with Gasteiger partial charge in [0.25, 0.3) is 5.91 Å². The number of hydrogen-bond acceptors (Lipinski definition) is 5. The minimum Gasteiger partial charge on any atom is -0.392 e. The van der Waals surface area contributed by atoms with Crippen LogP contribution in [0.1, 0.15) is 31.1 Å². The second-order valence-electron chi connectivity index (χ2n) is 6.28. The second-order valence-corrected chi connectivity index (χ2v) is 7.57. The van der Waals surface area contributed by atoms with Gasteiger partial charge in [0.05, 0.1) is 33.2 Å². The Labute approximate surface area is 194 Å². The molecule has 0 aliphatic heterocycles. The van der Waals surface area contributed by atoms with E-state index in [0.29, 0.717) is 32.1 Å². The number of anilines is 2. The summed E-state index contributed by atoms with van der Waals surface area (Å²) in [4.78, 5) is 20.7. The zero-order valence-electron chi connectivity index (χ0n) is 17.3. The number of rotatable bonds is 6. The largest absolute Gasteiger partial charge is 0.392 e. The molecule has 0 bridgehead atoms. The Morgan fingerprint density at radius 3 is 2.68 bits per heavy atom. The lowest BCUT2D eigenvalue weighted by molar-refractivity contribution is 0.0924. The molecule has 1 atom stereocenters. The maximum absolute atomic E-state index is 14.2. The Kier molecular flexibility index (Phi) is 9.36. The molecule has 2 aromatic heterocycles. The van der Waals surface area contributed by atoms with Crippen molar-refractivity contribution in [2.24, 2.45) is 0 Å². The van der Waals surface area contributed by atoms with Gasteiger partial charge in [-0.2, -0.15) is 0 Å². The van der Waals surface area contributed by atoms with Gasteiger partial charge in [0, 0.05) is 35.7 Å².